The van der Waals surface area contributed by atoms with E-state index in [2.05, 4.69) is 4.98 Å². The average molecular weight is 292 g/mol. The quantitative estimate of drug-likeness (QED) is 0.788. The molecule has 0 radical (unpaired) electrons. The zero-order valence-electron chi connectivity index (χ0n) is 12.5. The molecule has 110 valence electrons. The molecule has 2 aromatic carbocycles. The minimum Gasteiger partial charge on any atom is -0.322 e. The number of benzene rings is 2. The number of nitrogens with zero attached hydrogens (tertiary/aromatic N) is 1. The van der Waals surface area contributed by atoms with Crippen LogP contribution in [0.1, 0.15) is 6.92 Å². The van der Waals surface area contributed by atoms with E-state index in [0.29, 0.717) is 0 Å². The van der Waals surface area contributed by atoms with Gasteiger partial charge >= 0.3 is 0 Å². The maximum Gasteiger partial charge on any atom is 0.249 e. The van der Waals surface area contributed by atoms with E-state index >= 15 is 0 Å². The van der Waals surface area contributed by atoms with Crippen LogP contribution < -0.4 is 10.5 Å². The molecule has 0 aliphatic rings. The second kappa shape index (κ2) is 5.48. The summed E-state index contributed by atoms with van der Waals surface area (Å²) in [4.78, 5) is 27.8. The van der Waals surface area contributed by atoms with Crippen molar-refractivity contribution in [1.29, 1.82) is 0 Å². The second-order valence-corrected chi connectivity index (χ2v) is 5.22. The van der Waals surface area contributed by atoms with Gasteiger partial charge in [-0.15, -0.1) is 0 Å². The van der Waals surface area contributed by atoms with Crippen molar-refractivity contribution in [2.24, 2.45) is 0 Å². The number of aromatic amines is 1. The van der Waals surface area contributed by atoms with Crippen LogP contribution in [0.2, 0.25) is 0 Å². The van der Waals surface area contributed by atoms with Gasteiger partial charge in [-0.2, -0.15) is 0 Å². The number of nitrogens with one attached hydrogen (secondary N) is 1. The first-order valence-corrected chi connectivity index (χ1v) is 7.03. The van der Waals surface area contributed by atoms with Crippen molar-refractivity contribution >= 4 is 22.5 Å². The van der Waals surface area contributed by atoms with Crippen LogP contribution in [0.4, 0.5) is 5.69 Å². The van der Waals surface area contributed by atoms with Gasteiger partial charge in [0.15, 0.2) is 0 Å². The van der Waals surface area contributed by atoms with E-state index in [1.807, 2.05) is 48.5 Å². The molecule has 1 amide bonds. The summed E-state index contributed by atoms with van der Waals surface area (Å²) in [5.41, 5.74) is 3.23. The van der Waals surface area contributed by atoms with E-state index in [1.54, 1.807) is 18.0 Å². The third-order valence-electron chi connectivity index (χ3n) is 3.77. The molecule has 0 atom stereocenters. The number of carbonyl (C=O) groups excluding carboxylic acids is 1. The topological polar surface area (TPSA) is 53.2 Å². The molecule has 0 unspecified atom stereocenters. The first kappa shape index (κ1) is 14.1. The monoisotopic (exact) mass is 292 g/mol. The first-order chi connectivity index (χ1) is 10.6. The van der Waals surface area contributed by atoms with Crippen LogP contribution >= 0.6 is 0 Å². The number of amides is 1. The number of H-pyrrole nitrogens is 1. The predicted octanol–water partition coefficient (Wildman–Crippen LogP) is 3.18. The Hall–Kier alpha value is -2.88. The Bertz CT molecular complexity index is 912. The molecule has 0 saturated heterocycles. The SMILES string of the molecule is CC(=O)N(C)c1cccc(-c2cc(=O)[nH]c3ccccc23)c1. The van der Waals surface area contributed by atoms with Crippen LogP contribution in [-0.2, 0) is 4.79 Å². The van der Waals surface area contributed by atoms with Gasteiger partial charge in [0.1, 0.15) is 0 Å². The molecule has 3 rings (SSSR count). The number of rotatable bonds is 2. The van der Waals surface area contributed by atoms with Crippen LogP contribution in [0, 0.1) is 0 Å². The molecule has 4 heteroatoms. The normalized spacial score (nSPS) is 10.6. The van der Waals surface area contributed by atoms with Gasteiger partial charge in [0.05, 0.1) is 0 Å². The summed E-state index contributed by atoms with van der Waals surface area (Å²) < 4.78 is 0. The summed E-state index contributed by atoms with van der Waals surface area (Å²) in [6.45, 7) is 1.52. The highest BCUT2D eigenvalue weighted by molar-refractivity contribution is 5.96. The summed E-state index contributed by atoms with van der Waals surface area (Å²) in [6, 6.07) is 16.9. The fraction of sp³-hybridized carbons (Fsp3) is 0.111. The van der Waals surface area contributed by atoms with Crippen LogP contribution in [0.15, 0.2) is 59.4 Å². The lowest BCUT2D eigenvalue weighted by atomic mass is 10.0. The Morgan fingerprint density at radius 2 is 1.82 bits per heavy atom. The molecular weight excluding hydrogens is 276 g/mol. The smallest absolute Gasteiger partial charge is 0.249 e. The molecule has 1 heterocycles. The zero-order valence-corrected chi connectivity index (χ0v) is 12.5. The van der Waals surface area contributed by atoms with Gasteiger partial charge in [-0.25, -0.2) is 0 Å². The van der Waals surface area contributed by atoms with E-state index < -0.39 is 0 Å². The molecule has 0 bridgehead atoms. The molecule has 22 heavy (non-hydrogen) atoms. The van der Waals surface area contributed by atoms with Crippen molar-refractivity contribution in [3.05, 3.63) is 65.0 Å². The minimum atomic E-state index is -0.140. The number of fused-ring (bicyclic) bond motifs is 1. The largest absolute Gasteiger partial charge is 0.322 e. The lowest BCUT2D eigenvalue weighted by Gasteiger charge is -2.16. The Kier molecular flexibility index (Phi) is 3.51. The number of para-hydroxylation sites is 1. The summed E-state index contributed by atoms with van der Waals surface area (Å²) in [6.07, 6.45) is 0. The zero-order chi connectivity index (χ0) is 15.7. The second-order valence-electron chi connectivity index (χ2n) is 5.22. The standard InChI is InChI=1S/C18H16N2O2/c1-12(21)20(2)14-7-5-6-13(10-14)16-11-18(22)19-17-9-4-3-8-15(16)17/h3-11H,1-2H3,(H,19,22). The first-order valence-electron chi connectivity index (χ1n) is 7.03. The van der Waals surface area contributed by atoms with Crippen molar-refractivity contribution in [2.75, 3.05) is 11.9 Å². The van der Waals surface area contributed by atoms with E-state index in [1.165, 1.54) is 6.92 Å². The number of pyridine rings is 1. The van der Waals surface area contributed by atoms with Crippen LogP contribution in [0.3, 0.4) is 0 Å². The lowest BCUT2D eigenvalue weighted by Crippen LogP contribution is -2.22. The average Bonchev–Trinajstić information content (AvgIpc) is 2.53. The maximum atomic E-state index is 11.9. The number of carbonyl (C=O) groups is 1. The Balaban J connectivity index is 2.22. The van der Waals surface area contributed by atoms with E-state index in [4.69, 9.17) is 0 Å². The van der Waals surface area contributed by atoms with E-state index in [-0.39, 0.29) is 11.5 Å². The van der Waals surface area contributed by atoms with Crippen LogP contribution in [-0.4, -0.2) is 17.9 Å². The van der Waals surface area contributed by atoms with Gasteiger partial charge in [0.25, 0.3) is 0 Å². The van der Waals surface area contributed by atoms with E-state index in [9.17, 15) is 9.59 Å². The summed E-state index contributed by atoms with van der Waals surface area (Å²) in [5.74, 6) is -0.0343. The van der Waals surface area contributed by atoms with Crippen LogP contribution in [0.25, 0.3) is 22.0 Å². The molecule has 0 saturated carbocycles. The van der Waals surface area contributed by atoms with Gasteiger partial charge in [-0.05, 0) is 29.3 Å². The molecular formula is C18H16N2O2. The molecule has 0 fully saturated rings. The molecule has 1 N–H and O–H groups in total. The minimum absolute atomic E-state index is 0.0343. The Labute approximate surface area is 128 Å². The fourth-order valence-electron chi connectivity index (χ4n) is 2.51. The van der Waals surface area contributed by atoms with Crippen molar-refractivity contribution in [3.63, 3.8) is 0 Å². The summed E-state index contributed by atoms with van der Waals surface area (Å²) >= 11 is 0. The molecule has 1 aromatic heterocycles. The van der Waals surface area contributed by atoms with Crippen molar-refractivity contribution in [3.8, 4) is 11.1 Å². The Morgan fingerprint density at radius 3 is 2.59 bits per heavy atom. The summed E-state index contributed by atoms with van der Waals surface area (Å²) in [7, 11) is 1.73. The van der Waals surface area contributed by atoms with Gasteiger partial charge in [0, 0.05) is 36.6 Å². The summed E-state index contributed by atoms with van der Waals surface area (Å²) in [5, 5.41) is 0.977. The number of anilines is 1. The van der Waals surface area contributed by atoms with Gasteiger partial charge in [-0.1, -0.05) is 30.3 Å². The highest BCUT2D eigenvalue weighted by Gasteiger charge is 2.09. The molecule has 4 nitrogen and oxygen atoms in total. The predicted molar refractivity (Wildman–Crippen MR) is 89.1 cm³/mol. The molecule has 0 spiro atoms. The fourth-order valence-corrected chi connectivity index (χ4v) is 2.51. The van der Waals surface area contributed by atoms with Crippen molar-refractivity contribution in [1.82, 2.24) is 4.98 Å². The highest BCUT2D eigenvalue weighted by Crippen LogP contribution is 2.28. The van der Waals surface area contributed by atoms with Crippen LogP contribution in [0.5, 0.6) is 0 Å². The number of aromatic nitrogens is 1. The molecule has 0 aliphatic carbocycles. The third-order valence-corrected chi connectivity index (χ3v) is 3.77. The lowest BCUT2D eigenvalue weighted by molar-refractivity contribution is -0.116. The van der Waals surface area contributed by atoms with E-state index in [0.717, 1.165) is 27.7 Å². The molecule has 0 aliphatic heterocycles. The molecule has 3 aromatic rings. The maximum absolute atomic E-state index is 11.9. The van der Waals surface area contributed by atoms with Gasteiger partial charge in [-0.3, -0.25) is 9.59 Å². The van der Waals surface area contributed by atoms with Crippen molar-refractivity contribution in [2.45, 2.75) is 6.92 Å². The third kappa shape index (κ3) is 2.51. The Morgan fingerprint density at radius 1 is 1.05 bits per heavy atom. The van der Waals surface area contributed by atoms with Crippen molar-refractivity contribution < 1.29 is 4.79 Å². The highest BCUT2D eigenvalue weighted by atomic mass is 16.2. The van der Waals surface area contributed by atoms with Gasteiger partial charge in [0.2, 0.25) is 11.5 Å². The number of hydrogen-bond donors (Lipinski definition) is 1. The van der Waals surface area contributed by atoms with Gasteiger partial charge < -0.3 is 9.88 Å². The number of hydrogen-bond acceptors (Lipinski definition) is 2.